The van der Waals surface area contributed by atoms with Gasteiger partial charge in [0.15, 0.2) is 5.96 Å². The summed E-state index contributed by atoms with van der Waals surface area (Å²) in [5.74, 6) is -0.305. The van der Waals surface area contributed by atoms with E-state index in [4.69, 9.17) is 5.73 Å². The molecule has 1 aliphatic rings. The highest BCUT2D eigenvalue weighted by Gasteiger charge is 2.34. The van der Waals surface area contributed by atoms with Crippen LogP contribution in [0.2, 0.25) is 0 Å². The van der Waals surface area contributed by atoms with Crippen molar-refractivity contribution in [3.05, 3.63) is 65.2 Å². The van der Waals surface area contributed by atoms with Crippen molar-refractivity contribution in [2.24, 2.45) is 10.7 Å². The molecule has 0 atom stereocenters. The average molecular weight is 464 g/mol. The zero-order valence-electron chi connectivity index (χ0n) is 14.4. The third kappa shape index (κ3) is 4.21. The maximum absolute atomic E-state index is 12.3. The zero-order chi connectivity index (χ0) is 17.8. The summed E-state index contributed by atoms with van der Waals surface area (Å²) < 4.78 is 0. The molecule has 0 spiro atoms. The van der Waals surface area contributed by atoms with Gasteiger partial charge < -0.3 is 11.1 Å². The third-order valence-corrected chi connectivity index (χ3v) is 4.09. The smallest absolute Gasteiger partial charge is 0.261 e. The van der Waals surface area contributed by atoms with Gasteiger partial charge in [-0.25, -0.2) is 0 Å². The Labute approximate surface area is 169 Å². The normalized spacial score (nSPS) is 13.4. The minimum absolute atomic E-state index is 0. The van der Waals surface area contributed by atoms with Crippen molar-refractivity contribution in [1.29, 1.82) is 0 Å². The number of fused-ring (bicyclic) bond motifs is 1. The number of carbonyl (C=O) groups excluding carboxylic acids is 2. The fourth-order valence-corrected chi connectivity index (χ4v) is 2.77. The molecule has 0 saturated carbocycles. The second kappa shape index (κ2) is 8.79. The van der Waals surface area contributed by atoms with Crippen molar-refractivity contribution in [1.82, 2.24) is 4.90 Å². The Morgan fingerprint density at radius 3 is 2.35 bits per heavy atom. The van der Waals surface area contributed by atoms with Gasteiger partial charge in [0.2, 0.25) is 0 Å². The van der Waals surface area contributed by atoms with E-state index in [9.17, 15) is 9.59 Å². The minimum atomic E-state index is -0.280. The number of hydrogen-bond donors (Lipinski definition) is 2. The maximum atomic E-state index is 12.3. The van der Waals surface area contributed by atoms with Crippen molar-refractivity contribution < 1.29 is 9.59 Å². The molecule has 0 unspecified atom stereocenters. The number of imide groups is 1. The predicted octanol–water partition coefficient (Wildman–Crippen LogP) is 2.89. The highest BCUT2D eigenvalue weighted by Crippen LogP contribution is 2.21. The Morgan fingerprint density at radius 2 is 1.73 bits per heavy atom. The molecule has 1 aliphatic heterocycles. The summed E-state index contributed by atoms with van der Waals surface area (Å²) in [5.41, 5.74) is 8.83. The summed E-state index contributed by atoms with van der Waals surface area (Å²) in [7, 11) is 0. The molecule has 3 rings (SSSR count). The number of aryl methyl sites for hydroxylation is 1. The van der Waals surface area contributed by atoms with E-state index < -0.39 is 0 Å². The van der Waals surface area contributed by atoms with Gasteiger partial charge in [-0.05, 0) is 36.2 Å². The van der Waals surface area contributed by atoms with Crippen LogP contribution in [0.3, 0.4) is 0 Å². The first-order chi connectivity index (χ1) is 12.1. The number of nitrogens with two attached hydrogens (primary N) is 1. The largest absolute Gasteiger partial charge is 0.370 e. The lowest BCUT2D eigenvalue weighted by Crippen LogP contribution is -2.33. The summed E-state index contributed by atoms with van der Waals surface area (Å²) in [5, 5.41) is 3.02. The number of aliphatic imine (C=N–C) groups is 1. The third-order valence-electron chi connectivity index (χ3n) is 4.09. The van der Waals surface area contributed by atoms with Gasteiger partial charge in [-0.2, -0.15) is 0 Å². The lowest BCUT2D eigenvalue weighted by Gasteiger charge is -2.12. The van der Waals surface area contributed by atoms with Gasteiger partial charge in [0, 0.05) is 12.2 Å². The number of halogens is 1. The molecule has 3 N–H and O–H groups in total. The highest BCUT2D eigenvalue weighted by atomic mass is 127. The van der Waals surface area contributed by atoms with Crippen molar-refractivity contribution in [3.8, 4) is 0 Å². The van der Waals surface area contributed by atoms with Gasteiger partial charge >= 0.3 is 0 Å². The monoisotopic (exact) mass is 464 g/mol. The molecule has 0 fully saturated rings. The summed E-state index contributed by atoms with van der Waals surface area (Å²) in [6.45, 7) is 2.53. The van der Waals surface area contributed by atoms with Gasteiger partial charge in [0.1, 0.15) is 0 Å². The van der Waals surface area contributed by atoms with E-state index in [2.05, 4.69) is 17.2 Å². The second-order valence-corrected chi connectivity index (χ2v) is 5.75. The molecule has 26 heavy (non-hydrogen) atoms. The Kier molecular flexibility index (Phi) is 6.73. The molecule has 1 heterocycles. The van der Waals surface area contributed by atoms with Crippen LogP contribution in [0.15, 0.2) is 53.5 Å². The van der Waals surface area contributed by atoms with Crippen LogP contribution in [0, 0.1) is 0 Å². The van der Waals surface area contributed by atoms with E-state index in [0.29, 0.717) is 11.1 Å². The Hall–Kier alpha value is -2.42. The minimum Gasteiger partial charge on any atom is -0.370 e. The van der Waals surface area contributed by atoms with Crippen LogP contribution >= 0.6 is 24.0 Å². The Balaban J connectivity index is 0.00000243. The number of benzene rings is 2. The van der Waals surface area contributed by atoms with Crippen LogP contribution in [-0.4, -0.2) is 35.8 Å². The summed E-state index contributed by atoms with van der Waals surface area (Å²) in [6, 6.07) is 14.7. The SMILES string of the molecule is CCc1cccc(NC(N)=NCCN2C(=O)c3ccccc3C2=O)c1.I. The first kappa shape index (κ1) is 19.9. The molecule has 0 aliphatic carbocycles. The first-order valence-electron chi connectivity index (χ1n) is 8.21. The van der Waals surface area contributed by atoms with Gasteiger partial charge in [-0.15, -0.1) is 24.0 Å². The lowest BCUT2D eigenvalue weighted by molar-refractivity contribution is 0.0659. The van der Waals surface area contributed by atoms with Crippen LogP contribution in [-0.2, 0) is 6.42 Å². The van der Waals surface area contributed by atoms with Gasteiger partial charge in [0.25, 0.3) is 11.8 Å². The number of amides is 2. The number of nitrogens with zero attached hydrogens (tertiary/aromatic N) is 2. The standard InChI is InChI=1S/C19H20N4O2.HI/c1-2-13-6-5-7-14(12-13)22-19(20)21-10-11-23-17(24)15-8-3-4-9-16(15)18(23)25;/h3-9,12H,2,10-11H2,1H3,(H3,20,21,22);1H. The molecule has 0 bridgehead atoms. The molecule has 0 saturated heterocycles. The van der Waals surface area contributed by atoms with Crippen LogP contribution in [0.5, 0.6) is 0 Å². The fraction of sp³-hybridized carbons (Fsp3) is 0.211. The predicted molar refractivity (Wildman–Crippen MR) is 113 cm³/mol. The van der Waals surface area contributed by atoms with Gasteiger partial charge in [-0.3, -0.25) is 19.5 Å². The molecule has 7 heteroatoms. The lowest BCUT2D eigenvalue weighted by atomic mass is 10.1. The van der Waals surface area contributed by atoms with Crippen molar-refractivity contribution in [3.63, 3.8) is 0 Å². The summed E-state index contributed by atoms with van der Waals surface area (Å²) in [6.07, 6.45) is 0.937. The number of hydrogen-bond acceptors (Lipinski definition) is 3. The Bertz CT molecular complexity index is 816. The molecule has 2 aromatic carbocycles. The van der Waals surface area contributed by atoms with E-state index >= 15 is 0 Å². The molecule has 136 valence electrons. The van der Waals surface area contributed by atoms with Crippen molar-refractivity contribution in [2.45, 2.75) is 13.3 Å². The van der Waals surface area contributed by atoms with E-state index in [1.54, 1.807) is 24.3 Å². The fourth-order valence-electron chi connectivity index (χ4n) is 2.77. The van der Waals surface area contributed by atoms with Crippen LogP contribution in [0.25, 0.3) is 0 Å². The van der Waals surface area contributed by atoms with E-state index in [1.807, 2.05) is 24.3 Å². The quantitative estimate of drug-likeness (QED) is 0.308. The van der Waals surface area contributed by atoms with Gasteiger partial charge in [-0.1, -0.05) is 31.2 Å². The molecule has 2 amide bonds. The molecular weight excluding hydrogens is 443 g/mol. The highest BCUT2D eigenvalue weighted by molar-refractivity contribution is 14.0. The summed E-state index contributed by atoms with van der Waals surface area (Å²) in [4.78, 5) is 29.9. The topological polar surface area (TPSA) is 87.8 Å². The number of nitrogens with one attached hydrogen (secondary N) is 1. The molecule has 2 aromatic rings. The van der Waals surface area contributed by atoms with Crippen LogP contribution in [0.4, 0.5) is 5.69 Å². The number of guanidine groups is 1. The number of carbonyl (C=O) groups is 2. The van der Waals surface area contributed by atoms with Crippen molar-refractivity contribution >= 4 is 47.4 Å². The molecule has 0 radical (unpaired) electrons. The van der Waals surface area contributed by atoms with Crippen LogP contribution in [0.1, 0.15) is 33.2 Å². The average Bonchev–Trinajstić information content (AvgIpc) is 2.87. The summed E-state index contributed by atoms with van der Waals surface area (Å²) >= 11 is 0. The van der Waals surface area contributed by atoms with E-state index in [1.165, 1.54) is 10.5 Å². The van der Waals surface area contributed by atoms with Crippen molar-refractivity contribution in [2.75, 3.05) is 18.4 Å². The first-order valence-corrected chi connectivity index (χ1v) is 8.21. The van der Waals surface area contributed by atoms with E-state index in [0.717, 1.165) is 12.1 Å². The number of anilines is 1. The molecular formula is C19H21IN4O2. The zero-order valence-corrected chi connectivity index (χ0v) is 16.8. The van der Waals surface area contributed by atoms with Gasteiger partial charge in [0.05, 0.1) is 17.7 Å². The maximum Gasteiger partial charge on any atom is 0.261 e. The van der Waals surface area contributed by atoms with Crippen LogP contribution < -0.4 is 11.1 Å². The second-order valence-electron chi connectivity index (χ2n) is 5.75. The van der Waals surface area contributed by atoms with E-state index in [-0.39, 0.29) is 54.8 Å². The Morgan fingerprint density at radius 1 is 1.08 bits per heavy atom. The number of rotatable bonds is 5. The molecule has 0 aromatic heterocycles. The molecule has 6 nitrogen and oxygen atoms in total.